The van der Waals surface area contributed by atoms with Crippen molar-refractivity contribution in [3.63, 3.8) is 0 Å². The van der Waals surface area contributed by atoms with Crippen LogP contribution < -0.4 is 10.1 Å². The summed E-state index contributed by atoms with van der Waals surface area (Å²) in [6.45, 7) is 6.01. The lowest BCUT2D eigenvalue weighted by molar-refractivity contribution is -0.142. The van der Waals surface area contributed by atoms with Gasteiger partial charge >= 0.3 is 5.97 Å². The van der Waals surface area contributed by atoms with Crippen LogP contribution in [0.5, 0.6) is 5.75 Å². The Bertz CT molecular complexity index is 862. The van der Waals surface area contributed by atoms with Gasteiger partial charge in [0, 0.05) is 5.56 Å². The number of allylic oxidation sites excluding steroid dienone is 1. The number of amides is 1. The summed E-state index contributed by atoms with van der Waals surface area (Å²) in [6.07, 6.45) is 3.84. The molecule has 1 aliphatic heterocycles. The normalized spacial score (nSPS) is 17.3. The molecule has 140 valence electrons. The van der Waals surface area contributed by atoms with Crippen LogP contribution in [0.2, 0.25) is 0 Å². The van der Waals surface area contributed by atoms with Crippen molar-refractivity contribution in [3.8, 4) is 5.75 Å². The van der Waals surface area contributed by atoms with E-state index in [4.69, 9.17) is 17.0 Å². The first-order valence-corrected chi connectivity index (χ1v) is 9.79. The Morgan fingerprint density at radius 1 is 1.38 bits per heavy atom. The third-order valence-electron chi connectivity index (χ3n) is 3.77. The van der Waals surface area contributed by atoms with Gasteiger partial charge in [-0.2, -0.15) is 4.86 Å². The lowest BCUT2D eigenvalue weighted by Crippen LogP contribution is -2.21. The van der Waals surface area contributed by atoms with E-state index in [1.165, 1.54) is 7.11 Å². The summed E-state index contributed by atoms with van der Waals surface area (Å²) >= 11 is 5.21. The molecule has 5 nitrogen and oxygen atoms in total. The monoisotopic (exact) mass is 392 g/mol. The van der Waals surface area contributed by atoms with E-state index in [0.29, 0.717) is 16.0 Å². The maximum Gasteiger partial charge on any atom is 0.343 e. The van der Waals surface area contributed by atoms with E-state index in [-0.39, 0.29) is 12.5 Å². The quantitative estimate of drug-likeness (QED) is 0.349. The van der Waals surface area contributed by atoms with Gasteiger partial charge in [-0.05, 0) is 27.9 Å². The molecule has 0 saturated carbocycles. The van der Waals surface area contributed by atoms with Crippen molar-refractivity contribution in [2.45, 2.75) is 26.7 Å². The molecule has 26 heavy (non-hydrogen) atoms. The standard InChI is InChI=1S/C19H22NO4S2/c1-12(2)14-7-8-16(24-10-18(22)23-4)15(9-14)6-5-13(3)26-11-17(21)20-19(26)25/h5-9,11-12H,10H2,1-4H3,(H,20,21,25)/q-1. The number of methoxy groups -OCH3 is 1. The fourth-order valence-corrected chi connectivity index (χ4v) is 4.17. The molecule has 0 radical (unpaired) electrons. The van der Waals surface area contributed by atoms with Crippen LogP contribution >= 0.6 is 12.2 Å². The van der Waals surface area contributed by atoms with Crippen molar-refractivity contribution >= 4 is 54.8 Å². The summed E-state index contributed by atoms with van der Waals surface area (Å²) in [4.78, 5) is 23.8. The maximum absolute atomic E-state index is 11.4. The Morgan fingerprint density at radius 2 is 2.12 bits per heavy atom. The predicted octanol–water partition coefficient (Wildman–Crippen LogP) is 2.40. The van der Waals surface area contributed by atoms with Crippen LogP contribution in [0.25, 0.3) is 6.08 Å². The van der Waals surface area contributed by atoms with Gasteiger partial charge in [0.1, 0.15) is 5.75 Å². The number of hydrogen-bond donors (Lipinski definition) is 1. The van der Waals surface area contributed by atoms with Crippen molar-refractivity contribution in [2.24, 2.45) is 0 Å². The number of thiocarbonyl (C=S) groups is 1. The minimum absolute atomic E-state index is 0.151. The topological polar surface area (TPSA) is 64.6 Å². The summed E-state index contributed by atoms with van der Waals surface area (Å²) < 4.78 is 10.7. The lowest BCUT2D eigenvalue weighted by Gasteiger charge is -2.13. The van der Waals surface area contributed by atoms with E-state index in [0.717, 1.165) is 16.0 Å². The lowest BCUT2D eigenvalue weighted by atomic mass is 10.00. The van der Waals surface area contributed by atoms with Gasteiger partial charge in [0.15, 0.2) is 6.61 Å². The molecular formula is C19H22NO4S2-. The first kappa shape index (κ1) is 20.2. The molecule has 0 aliphatic carbocycles. The molecule has 0 fully saturated rings. The molecule has 1 aromatic rings. The Balaban J connectivity index is 2.36. The maximum atomic E-state index is 11.4. The van der Waals surface area contributed by atoms with Gasteiger partial charge in [0.05, 0.1) is 7.11 Å². The van der Waals surface area contributed by atoms with E-state index < -0.39 is 16.0 Å². The van der Waals surface area contributed by atoms with E-state index in [1.807, 2.05) is 37.3 Å². The number of benzene rings is 1. The van der Waals surface area contributed by atoms with Gasteiger partial charge in [0.25, 0.3) is 0 Å². The third kappa shape index (κ3) is 5.19. The summed E-state index contributed by atoms with van der Waals surface area (Å²) in [7, 11) is 0.830. The van der Waals surface area contributed by atoms with Gasteiger partial charge in [-0.1, -0.05) is 51.2 Å². The zero-order valence-corrected chi connectivity index (χ0v) is 16.8. The molecule has 0 aromatic heterocycles. The molecule has 0 spiro atoms. The molecule has 1 aliphatic rings. The first-order valence-electron chi connectivity index (χ1n) is 8.10. The molecular weight excluding hydrogens is 370 g/mol. The number of ether oxygens (including phenoxy) is 2. The molecule has 0 unspecified atom stereocenters. The van der Waals surface area contributed by atoms with Crippen LogP contribution in [0, 0.1) is 0 Å². The van der Waals surface area contributed by atoms with Crippen LogP contribution in [0.1, 0.15) is 37.8 Å². The smallest absolute Gasteiger partial charge is 0.343 e. The van der Waals surface area contributed by atoms with Crippen LogP contribution in [0.4, 0.5) is 0 Å². The Kier molecular flexibility index (Phi) is 6.99. The summed E-state index contributed by atoms with van der Waals surface area (Å²) in [5.41, 5.74) is 2.02. The van der Waals surface area contributed by atoms with Crippen molar-refractivity contribution < 1.29 is 19.1 Å². The van der Waals surface area contributed by atoms with Crippen molar-refractivity contribution in [1.82, 2.24) is 5.32 Å². The average Bonchev–Trinajstić information content (AvgIpc) is 2.95. The van der Waals surface area contributed by atoms with E-state index >= 15 is 0 Å². The predicted molar refractivity (Wildman–Crippen MR) is 112 cm³/mol. The van der Waals surface area contributed by atoms with E-state index in [2.05, 4.69) is 23.9 Å². The fraction of sp³-hybridized carbons (Fsp3) is 0.316. The van der Waals surface area contributed by atoms with Gasteiger partial charge in [-0.3, -0.25) is 4.79 Å². The number of rotatable bonds is 6. The Hall–Kier alpha value is -2.12. The average molecular weight is 393 g/mol. The SMILES string of the molecule is COC(=O)COc1ccc(C(C)C)cc1C=CC(C)=[S-]1=CC(=O)NC1=S. The minimum atomic E-state index is -0.493. The number of hydrogen-bond acceptors (Lipinski definition) is 6. The van der Waals surface area contributed by atoms with Gasteiger partial charge in [-0.15, -0.1) is 5.37 Å². The highest BCUT2D eigenvalue weighted by Crippen LogP contribution is 2.25. The van der Waals surface area contributed by atoms with Crippen molar-refractivity contribution in [2.75, 3.05) is 13.7 Å². The number of carbonyl (C=O) groups is 2. The molecule has 0 saturated heterocycles. The second kappa shape index (κ2) is 9.00. The molecule has 7 heteroatoms. The molecule has 0 bridgehead atoms. The second-order valence-electron chi connectivity index (χ2n) is 5.99. The summed E-state index contributed by atoms with van der Waals surface area (Å²) in [5.74, 6) is 0.364. The molecule has 0 atom stereocenters. The fourth-order valence-electron chi connectivity index (χ4n) is 2.25. The zero-order valence-electron chi connectivity index (χ0n) is 15.2. The molecule has 2 rings (SSSR count). The molecule has 1 aromatic carbocycles. The zero-order chi connectivity index (χ0) is 19.3. The minimum Gasteiger partial charge on any atom is -0.481 e. The van der Waals surface area contributed by atoms with Gasteiger partial charge in [0.2, 0.25) is 5.91 Å². The van der Waals surface area contributed by atoms with Gasteiger partial charge in [-0.25, -0.2) is 4.79 Å². The first-order chi connectivity index (χ1) is 12.3. The Morgan fingerprint density at radius 3 is 2.69 bits per heavy atom. The number of nitrogens with one attached hydrogen (secondary N) is 1. The van der Waals surface area contributed by atoms with E-state index in [9.17, 15) is 9.59 Å². The molecule has 1 N–H and O–H groups in total. The number of esters is 1. The van der Waals surface area contributed by atoms with Gasteiger partial charge < -0.3 is 24.9 Å². The highest BCUT2D eigenvalue weighted by molar-refractivity contribution is 8.19. The third-order valence-corrected chi connectivity index (χ3v) is 6.19. The van der Waals surface area contributed by atoms with Crippen LogP contribution in [0.15, 0.2) is 24.3 Å². The Labute approximate surface area is 160 Å². The van der Waals surface area contributed by atoms with E-state index in [1.54, 1.807) is 5.37 Å². The van der Waals surface area contributed by atoms with Crippen LogP contribution in [0.3, 0.4) is 0 Å². The molecule has 1 heterocycles. The highest BCUT2D eigenvalue weighted by atomic mass is 32.2. The van der Waals surface area contributed by atoms with Crippen molar-refractivity contribution in [1.29, 1.82) is 0 Å². The summed E-state index contributed by atoms with van der Waals surface area (Å²) in [6, 6.07) is 5.87. The van der Waals surface area contributed by atoms with Crippen molar-refractivity contribution in [3.05, 3.63) is 35.4 Å². The second-order valence-corrected chi connectivity index (χ2v) is 8.62. The van der Waals surface area contributed by atoms with Crippen LogP contribution in [-0.4, -0.2) is 40.1 Å². The summed E-state index contributed by atoms with van der Waals surface area (Å²) in [5, 5.41) is 4.24. The number of carbonyl (C=O) groups excluding carboxylic acids is 2. The largest absolute Gasteiger partial charge is 0.481 e. The molecule has 1 amide bonds. The van der Waals surface area contributed by atoms with Crippen LogP contribution in [-0.2, 0) is 24.4 Å². The highest BCUT2D eigenvalue weighted by Gasteiger charge is 2.08.